The van der Waals surface area contributed by atoms with Crippen LogP contribution in [0.25, 0.3) is 0 Å². The van der Waals surface area contributed by atoms with Crippen LogP contribution in [0.4, 0.5) is 5.69 Å². The van der Waals surface area contributed by atoms with Gasteiger partial charge in [0.25, 0.3) is 0 Å². The fourth-order valence-corrected chi connectivity index (χ4v) is 3.64. The molecule has 1 aromatic carbocycles. The second-order valence-electron chi connectivity index (χ2n) is 6.55. The molecular weight excluding hydrogens is 290 g/mol. The van der Waals surface area contributed by atoms with Gasteiger partial charge in [-0.2, -0.15) is 0 Å². The summed E-state index contributed by atoms with van der Waals surface area (Å²) in [6.07, 6.45) is 3.56. The monoisotopic (exact) mass is 315 g/mol. The number of rotatable bonds is 4. The highest BCUT2D eigenvalue weighted by Crippen LogP contribution is 2.34. The zero-order chi connectivity index (χ0) is 16.2. The number of nitrogens with zero attached hydrogens (tertiary/aromatic N) is 1. The van der Waals surface area contributed by atoms with Crippen molar-refractivity contribution >= 4 is 17.5 Å². The first-order chi connectivity index (χ1) is 11.2. The minimum atomic E-state index is -0.325. The van der Waals surface area contributed by atoms with Crippen LogP contribution in [0.1, 0.15) is 37.2 Å². The Hall–Kier alpha value is -1.88. The van der Waals surface area contributed by atoms with Crippen LogP contribution in [-0.2, 0) is 9.59 Å². The van der Waals surface area contributed by atoms with E-state index >= 15 is 0 Å². The number of carbonyl (C=O) groups is 2. The molecule has 1 unspecified atom stereocenters. The van der Waals surface area contributed by atoms with Crippen molar-refractivity contribution in [3.63, 3.8) is 0 Å². The molecule has 5 nitrogen and oxygen atoms in total. The molecule has 0 saturated carbocycles. The summed E-state index contributed by atoms with van der Waals surface area (Å²) in [7, 11) is 1.98. The van der Waals surface area contributed by atoms with Gasteiger partial charge in [0.15, 0.2) is 0 Å². The lowest BCUT2D eigenvalue weighted by atomic mass is 9.87. The van der Waals surface area contributed by atoms with E-state index in [1.54, 1.807) is 0 Å². The average molecular weight is 315 g/mol. The lowest BCUT2D eigenvalue weighted by molar-refractivity contribution is -0.136. The highest BCUT2D eigenvalue weighted by atomic mass is 16.2. The quantitative estimate of drug-likeness (QED) is 0.893. The summed E-state index contributed by atoms with van der Waals surface area (Å²) in [5.74, 6) is 0.424. The number of hydrogen-bond donors (Lipinski definition) is 2. The van der Waals surface area contributed by atoms with Crippen LogP contribution in [-0.4, -0.2) is 43.4 Å². The number of anilines is 1. The molecule has 1 aromatic rings. The van der Waals surface area contributed by atoms with Crippen LogP contribution in [0.3, 0.4) is 0 Å². The van der Waals surface area contributed by atoms with Crippen molar-refractivity contribution in [1.82, 2.24) is 10.2 Å². The highest BCUT2D eigenvalue weighted by Gasteiger charge is 2.34. The maximum atomic E-state index is 12.9. The number of para-hydroxylation sites is 1. The maximum absolute atomic E-state index is 12.9. The number of likely N-dealkylation sites (tertiary alicyclic amines) is 1. The number of fused-ring (bicyclic) bond motifs is 1. The lowest BCUT2D eigenvalue weighted by Crippen LogP contribution is -2.43. The van der Waals surface area contributed by atoms with E-state index in [2.05, 4.69) is 10.6 Å². The number of benzene rings is 1. The number of piperidine rings is 1. The molecule has 2 amide bonds. The van der Waals surface area contributed by atoms with Crippen molar-refractivity contribution in [2.45, 2.75) is 31.6 Å². The normalized spacial score (nSPS) is 21.7. The summed E-state index contributed by atoms with van der Waals surface area (Å²) in [5.41, 5.74) is 1.74. The Morgan fingerprint density at radius 1 is 1.30 bits per heavy atom. The van der Waals surface area contributed by atoms with E-state index in [1.807, 2.05) is 36.2 Å². The van der Waals surface area contributed by atoms with Gasteiger partial charge < -0.3 is 15.5 Å². The van der Waals surface area contributed by atoms with E-state index in [1.165, 1.54) is 6.42 Å². The van der Waals surface area contributed by atoms with Gasteiger partial charge in [0.05, 0.1) is 5.92 Å². The van der Waals surface area contributed by atoms with Crippen molar-refractivity contribution in [3.05, 3.63) is 29.8 Å². The molecule has 0 bridgehead atoms. The minimum absolute atomic E-state index is 0.0639. The van der Waals surface area contributed by atoms with Crippen LogP contribution in [0, 0.1) is 5.92 Å². The Kier molecular flexibility index (Phi) is 4.96. The Bertz CT molecular complexity index is 579. The molecule has 0 spiro atoms. The third-order valence-electron chi connectivity index (χ3n) is 5.03. The Morgan fingerprint density at radius 3 is 2.78 bits per heavy atom. The predicted octanol–water partition coefficient (Wildman–Crippen LogP) is 1.96. The zero-order valence-electron chi connectivity index (χ0n) is 13.7. The van der Waals surface area contributed by atoms with E-state index < -0.39 is 0 Å². The molecule has 23 heavy (non-hydrogen) atoms. The van der Waals surface area contributed by atoms with Crippen molar-refractivity contribution in [2.75, 3.05) is 32.0 Å². The lowest BCUT2D eigenvalue weighted by Gasteiger charge is -2.35. The van der Waals surface area contributed by atoms with Crippen molar-refractivity contribution in [1.29, 1.82) is 0 Å². The van der Waals surface area contributed by atoms with Gasteiger partial charge in [-0.15, -0.1) is 0 Å². The van der Waals surface area contributed by atoms with Crippen molar-refractivity contribution in [3.8, 4) is 0 Å². The minimum Gasteiger partial charge on any atom is -0.342 e. The van der Waals surface area contributed by atoms with Gasteiger partial charge in [-0.3, -0.25) is 9.59 Å². The average Bonchev–Trinajstić information content (AvgIpc) is 2.59. The van der Waals surface area contributed by atoms with Crippen LogP contribution >= 0.6 is 0 Å². The first-order valence-electron chi connectivity index (χ1n) is 8.51. The number of hydrogen-bond acceptors (Lipinski definition) is 3. The van der Waals surface area contributed by atoms with E-state index in [9.17, 15) is 9.59 Å². The molecule has 2 aliphatic rings. The summed E-state index contributed by atoms with van der Waals surface area (Å²) in [5, 5.41) is 6.05. The summed E-state index contributed by atoms with van der Waals surface area (Å²) in [6.45, 7) is 2.66. The van der Waals surface area contributed by atoms with Crippen LogP contribution in [0.5, 0.6) is 0 Å². The predicted molar refractivity (Wildman–Crippen MR) is 90.3 cm³/mol. The van der Waals surface area contributed by atoms with E-state index in [-0.39, 0.29) is 24.2 Å². The third kappa shape index (κ3) is 3.55. The molecule has 5 heteroatoms. The van der Waals surface area contributed by atoms with Crippen molar-refractivity contribution in [2.24, 2.45) is 5.92 Å². The number of carbonyl (C=O) groups excluding carboxylic acids is 2. The van der Waals surface area contributed by atoms with Gasteiger partial charge in [0.2, 0.25) is 11.8 Å². The van der Waals surface area contributed by atoms with Gasteiger partial charge in [-0.1, -0.05) is 18.2 Å². The van der Waals surface area contributed by atoms with Crippen molar-refractivity contribution < 1.29 is 9.59 Å². The molecule has 124 valence electrons. The fraction of sp³-hybridized carbons (Fsp3) is 0.556. The second-order valence-corrected chi connectivity index (χ2v) is 6.55. The molecular formula is C18H25N3O2. The van der Waals surface area contributed by atoms with E-state index in [0.717, 1.165) is 43.7 Å². The SMILES string of the molecule is CNCCC1CCN(C(=O)C2CC(=O)Nc3ccccc32)CC1. The summed E-state index contributed by atoms with van der Waals surface area (Å²) < 4.78 is 0. The molecule has 2 aliphatic heterocycles. The molecule has 3 rings (SSSR count). The molecule has 1 atom stereocenters. The van der Waals surface area contributed by atoms with Gasteiger partial charge in [-0.05, 0) is 50.4 Å². The summed E-state index contributed by atoms with van der Waals surface area (Å²) in [6, 6.07) is 7.65. The van der Waals surface area contributed by atoms with Gasteiger partial charge in [0, 0.05) is 25.2 Å². The maximum Gasteiger partial charge on any atom is 0.230 e. The molecule has 2 N–H and O–H groups in total. The molecule has 0 radical (unpaired) electrons. The smallest absolute Gasteiger partial charge is 0.230 e. The van der Waals surface area contributed by atoms with Gasteiger partial charge >= 0.3 is 0 Å². The Labute approximate surface area is 137 Å². The Balaban J connectivity index is 1.66. The number of amides is 2. The Morgan fingerprint density at radius 2 is 2.04 bits per heavy atom. The summed E-state index contributed by atoms with van der Waals surface area (Å²) in [4.78, 5) is 26.8. The van der Waals surface area contributed by atoms with Gasteiger partial charge in [0.1, 0.15) is 0 Å². The molecule has 0 aromatic heterocycles. The van der Waals surface area contributed by atoms with Gasteiger partial charge in [-0.25, -0.2) is 0 Å². The first-order valence-corrected chi connectivity index (χ1v) is 8.51. The van der Waals surface area contributed by atoms with Crippen LogP contribution < -0.4 is 10.6 Å². The molecule has 2 heterocycles. The fourth-order valence-electron chi connectivity index (χ4n) is 3.64. The summed E-state index contributed by atoms with van der Waals surface area (Å²) >= 11 is 0. The van der Waals surface area contributed by atoms with E-state index in [0.29, 0.717) is 5.92 Å². The number of nitrogens with one attached hydrogen (secondary N) is 2. The van der Waals surface area contributed by atoms with E-state index in [4.69, 9.17) is 0 Å². The zero-order valence-corrected chi connectivity index (χ0v) is 13.7. The second kappa shape index (κ2) is 7.13. The largest absolute Gasteiger partial charge is 0.342 e. The topological polar surface area (TPSA) is 61.4 Å². The molecule has 1 fully saturated rings. The third-order valence-corrected chi connectivity index (χ3v) is 5.03. The highest BCUT2D eigenvalue weighted by molar-refractivity contribution is 6.01. The molecule has 1 saturated heterocycles. The first kappa shape index (κ1) is 16.0. The van der Waals surface area contributed by atoms with Crippen LogP contribution in [0.15, 0.2) is 24.3 Å². The standard InChI is InChI=1S/C18H25N3O2/c1-19-9-6-13-7-10-21(11-8-13)18(23)15-12-17(22)20-16-5-3-2-4-14(15)16/h2-5,13,15,19H,6-12H2,1H3,(H,20,22). The van der Waals surface area contributed by atoms with Crippen LogP contribution in [0.2, 0.25) is 0 Å². The molecule has 0 aliphatic carbocycles.